The van der Waals surface area contributed by atoms with E-state index in [1.807, 2.05) is 6.08 Å². The Bertz CT molecular complexity index is 362. The van der Waals surface area contributed by atoms with Crippen LogP contribution < -0.4 is 0 Å². The lowest BCUT2D eigenvalue weighted by Crippen LogP contribution is -2.26. The summed E-state index contributed by atoms with van der Waals surface area (Å²) < 4.78 is 0. The third kappa shape index (κ3) is 4.63. The van der Waals surface area contributed by atoms with Gasteiger partial charge in [-0.25, -0.2) is 0 Å². The average molecular weight is 247 g/mol. The second-order valence-corrected chi connectivity index (χ2v) is 5.69. The van der Waals surface area contributed by atoms with Gasteiger partial charge in [-0.1, -0.05) is 51.1 Å². The summed E-state index contributed by atoms with van der Waals surface area (Å²) in [6.45, 7) is 12.9. The quantitative estimate of drug-likeness (QED) is 0.781. The molecule has 0 radical (unpaired) electrons. The van der Waals surface area contributed by atoms with Gasteiger partial charge in [0.25, 0.3) is 0 Å². The summed E-state index contributed by atoms with van der Waals surface area (Å²) in [6, 6.07) is 8.74. The monoisotopic (exact) mass is 247 g/mol. The van der Waals surface area contributed by atoms with Crippen molar-refractivity contribution in [2.45, 2.75) is 32.7 Å². The van der Waals surface area contributed by atoms with Gasteiger partial charge >= 0.3 is 0 Å². The van der Waals surface area contributed by atoms with Crippen molar-refractivity contribution in [2.75, 3.05) is 19.7 Å². The maximum atomic E-state index is 9.02. The van der Waals surface area contributed by atoms with E-state index < -0.39 is 0 Å². The second-order valence-electron chi connectivity index (χ2n) is 5.69. The molecule has 2 nitrogen and oxygen atoms in total. The van der Waals surface area contributed by atoms with E-state index in [1.54, 1.807) is 0 Å². The van der Waals surface area contributed by atoms with E-state index in [9.17, 15) is 0 Å². The smallest absolute Gasteiger partial charge is 0.0558 e. The molecule has 0 unspecified atom stereocenters. The molecule has 0 aromatic heterocycles. The summed E-state index contributed by atoms with van der Waals surface area (Å²) in [5.41, 5.74) is 2.83. The molecule has 0 saturated heterocycles. The van der Waals surface area contributed by atoms with E-state index in [1.165, 1.54) is 11.1 Å². The molecule has 0 spiro atoms. The number of benzene rings is 1. The van der Waals surface area contributed by atoms with E-state index in [4.69, 9.17) is 5.11 Å². The molecule has 0 aliphatic rings. The lowest BCUT2D eigenvalue weighted by molar-refractivity contribution is 0.203. The van der Waals surface area contributed by atoms with Crippen LogP contribution in [0.2, 0.25) is 0 Å². The molecule has 0 heterocycles. The van der Waals surface area contributed by atoms with E-state index in [0.717, 1.165) is 13.1 Å². The molecule has 0 bridgehead atoms. The van der Waals surface area contributed by atoms with E-state index in [-0.39, 0.29) is 12.0 Å². The molecule has 1 N–H and O–H groups in total. The number of rotatable bonds is 6. The van der Waals surface area contributed by atoms with Gasteiger partial charge < -0.3 is 5.11 Å². The van der Waals surface area contributed by atoms with Gasteiger partial charge in [-0.3, -0.25) is 4.90 Å². The van der Waals surface area contributed by atoms with E-state index in [0.29, 0.717) is 6.54 Å². The fourth-order valence-electron chi connectivity index (χ4n) is 1.93. The Balaban J connectivity index is 2.69. The molecule has 0 saturated carbocycles. The van der Waals surface area contributed by atoms with Crippen molar-refractivity contribution >= 4 is 0 Å². The van der Waals surface area contributed by atoms with Crippen molar-refractivity contribution in [1.82, 2.24) is 4.90 Å². The molecule has 18 heavy (non-hydrogen) atoms. The van der Waals surface area contributed by atoms with Gasteiger partial charge in [0.05, 0.1) is 6.61 Å². The molecular formula is C16H25NO. The Hall–Kier alpha value is -1.12. The first-order valence-corrected chi connectivity index (χ1v) is 6.51. The molecule has 0 aliphatic carbocycles. The Morgan fingerprint density at radius 3 is 2.28 bits per heavy atom. The largest absolute Gasteiger partial charge is 0.395 e. The van der Waals surface area contributed by atoms with Crippen molar-refractivity contribution in [3.8, 4) is 0 Å². The highest BCUT2D eigenvalue weighted by atomic mass is 16.3. The van der Waals surface area contributed by atoms with Crippen LogP contribution >= 0.6 is 0 Å². The van der Waals surface area contributed by atoms with Crippen molar-refractivity contribution in [3.05, 3.63) is 48.0 Å². The number of aliphatic hydroxyl groups excluding tert-OH is 1. The van der Waals surface area contributed by atoms with Crippen LogP contribution in [-0.2, 0) is 12.0 Å². The first kappa shape index (κ1) is 14.9. The predicted molar refractivity (Wildman–Crippen MR) is 77.7 cm³/mol. The summed E-state index contributed by atoms with van der Waals surface area (Å²) in [6.07, 6.45) is 1.87. The van der Waals surface area contributed by atoms with Gasteiger partial charge in [0.15, 0.2) is 0 Å². The molecule has 1 aromatic rings. The van der Waals surface area contributed by atoms with Crippen LogP contribution in [0, 0.1) is 0 Å². The van der Waals surface area contributed by atoms with Gasteiger partial charge in [-0.2, -0.15) is 0 Å². The zero-order valence-electron chi connectivity index (χ0n) is 11.8. The van der Waals surface area contributed by atoms with E-state index in [2.05, 4.69) is 56.5 Å². The summed E-state index contributed by atoms with van der Waals surface area (Å²) in [5, 5.41) is 9.02. The van der Waals surface area contributed by atoms with Crippen LogP contribution in [0.4, 0.5) is 0 Å². The second kappa shape index (κ2) is 6.72. The molecule has 100 valence electrons. The van der Waals surface area contributed by atoms with Crippen molar-refractivity contribution < 1.29 is 5.11 Å². The highest BCUT2D eigenvalue weighted by Crippen LogP contribution is 2.22. The first-order chi connectivity index (χ1) is 8.47. The SMILES string of the molecule is C=CCN(CCO)Cc1ccc(C(C)(C)C)cc1. The van der Waals surface area contributed by atoms with Gasteiger partial charge in [-0.05, 0) is 16.5 Å². The third-order valence-electron chi connectivity index (χ3n) is 3.03. The van der Waals surface area contributed by atoms with Crippen LogP contribution in [0.3, 0.4) is 0 Å². The molecule has 0 atom stereocenters. The number of hydrogen-bond donors (Lipinski definition) is 1. The number of nitrogens with zero attached hydrogens (tertiary/aromatic N) is 1. The van der Waals surface area contributed by atoms with Gasteiger partial charge in [-0.15, -0.1) is 6.58 Å². The van der Waals surface area contributed by atoms with Crippen LogP contribution in [0.1, 0.15) is 31.9 Å². The highest BCUT2D eigenvalue weighted by Gasteiger charge is 2.13. The lowest BCUT2D eigenvalue weighted by atomic mass is 9.87. The van der Waals surface area contributed by atoms with Crippen molar-refractivity contribution in [3.63, 3.8) is 0 Å². The predicted octanol–water partition coefficient (Wildman–Crippen LogP) is 2.96. The molecule has 1 rings (SSSR count). The maximum Gasteiger partial charge on any atom is 0.0558 e. The van der Waals surface area contributed by atoms with Gasteiger partial charge in [0, 0.05) is 19.6 Å². The minimum absolute atomic E-state index is 0.188. The maximum absolute atomic E-state index is 9.02. The minimum Gasteiger partial charge on any atom is -0.395 e. The van der Waals surface area contributed by atoms with E-state index >= 15 is 0 Å². The summed E-state index contributed by atoms with van der Waals surface area (Å²) in [4.78, 5) is 2.18. The molecule has 2 heteroatoms. The molecule has 1 aromatic carbocycles. The lowest BCUT2D eigenvalue weighted by Gasteiger charge is -2.22. The van der Waals surface area contributed by atoms with Gasteiger partial charge in [0.1, 0.15) is 0 Å². The Kier molecular flexibility index (Phi) is 5.57. The zero-order chi connectivity index (χ0) is 13.6. The molecular weight excluding hydrogens is 222 g/mol. The standard InChI is InChI=1S/C16H25NO/c1-5-10-17(11-12-18)13-14-6-8-15(9-7-14)16(2,3)4/h5-9,18H,1,10-13H2,2-4H3. The topological polar surface area (TPSA) is 23.5 Å². The van der Waals surface area contributed by atoms with Crippen LogP contribution in [0.5, 0.6) is 0 Å². The van der Waals surface area contributed by atoms with Gasteiger partial charge in [0.2, 0.25) is 0 Å². The molecule has 0 amide bonds. The fourth-order valence-corrected chi connectivity index (χ4v) is 1.93. The summed E-state index contributed by atoms with van der Waals surface area (Å²) in [7, 11) is 0. The normalized spacial score (nSPS) is 11.8. The van der Waals surface area contributed by atoms with Crippen LogP contribution in [0.15, 0.2) is 36.9 Å². The fraction of sp³-hybridized carbons (Fsp3) is 0.500. The van der Waals surface area contributed by atoms with Crippen molar-refractivity contribution in [2.24, 2.45) is 0 Å². The summed E-state index contributed by atoms with van der Waals surface area (Å²) in [5.74, 6) is 0. The highest BCUT2D eigenvalue weighted by molar-refractivity contribution is 5.27. The Morgan fingerprint density at radius 1 is 1.22 bits per heavy atom. The Labute approximate surface area is 111 Å². The van der Waals surface area contributed by atoms with Crippen molar-refractivity contribution in [1.29, 1.82) is 0 Å². The Morgan fingerprint density at radius 2 is 1.83 bits per heavy atom. The van der Waals surface area contributed by atoms with Crippen LogP contribution in [-0.4, -0.2) is 29.7 Å². The summed E-state index contributed by atoms with van der Waals surface area (Å²) >= 11 is 0. The number of aliphatic hydroxyl groups is 1. The minimum atomic E-state index is 0.188. The third-order valence-corrected chi connectivity index (χ3v) is 3.03. The van der Waals surface area contributed by atoms with Crippen LogP contribution in [0.25, 0.3) is 0 Å². The average Bonchev–Trinajstić information content (AvgIpc) is 2.29. The molecule has 0 fully saturated rings. The molecule has 0 aliphatic heterocycles. The zero-order valence-corrected chi connectivity index (χ0v) is 11.8. The number of hydrogen-bond acceptors (Lipinski definition) is 2. The first-order valence-electron chi connectivity index (χ1n) is 6.51.